The predicted octanol–water partition coefficient (Wildman–Crippen LogP) is 5.08. The van der Waals surface area contributed by atoms with Gasteiger partial charge in [0.05, 0.1) is 22.2 Å². The molecule has 2 aromatic carbocycles. The molecule has 0 fully saturated rings. The maximum absolute atomic E-state index is 13.1. The molecule has 0 amide bonds. The number of carbonyl (C=O) groups is 1. The third-order valence-corrected chi connectivity index (χ3v) is 6.49. The van der Waals surface area contributed by atoms with Crippen LogP contribution in [0.15, 0.2) is 45.8 Å². The highest BCUT2D eigenvalue weighted by Crippen LogP contribution is 2.35. The van der Waals surface area contributed by atoms with Gasteiger partial charge in [-0.05, 0) is 36.4 Å². The molecule has 10 heteroatoms. The lowest BCUT2D eigenvalue weighted by molar-refractivity contribution is -0.136. The summed E-state index contributed by atoms with van der Waals surface area (Å²) < 4.78 is 27.7. The summed E-state index contributed by atoms with van der Waals surface area (Å²) in [5.41, 5.74) is 0.141. The summed E-state index contributed by atoms with van der Waals surface area (Å²) in [6.45, 7) is -0.318. The number of carboxylic acids is 1. The van der Waals surface area contributed by atoms with Gasteiger partial charge < -0.3 is 5.11 Å². The smallest absolute Gasteiger partial charge is 0.305 e. The highest BCUT2D eigenvalue weighted by atomic mass is 79.9. The van der Waals surface area contributed by atoms with Gasteiger partial charge in [-0.15, -0.1) is 0 Å². The number of hydrogen-bond acceptors (Lipinski definition) is 3. The highest BCUT2D eigenvalue weighted by molar-refractivity contribution is 9.10. The third-order valence-electron chi connectivity index (χ3n) is 3.17. The van der Waals surface area contributed by atoms with Crippen molar-refractivity contribution in [2.75, 3.05) is 10.8 Å². The number of anilines is 1. The third kappa shape index (κ3) is 4.80. The lowest BCUT2D eigenvalue weighted by Gasteiger charge is -2.25. The van der Waals surface area contributed by atoms with Crippen molar-refractivity contribution in [1.82, 2.24) is 0 Å². The van der Waals surface area contributed by atoms with Crippen LogP contribution in [-0.4, -0.2) is 26.0 Å². The molecular formula is C15H11BrCl3NO4S. The number of sulfonamides is 1. The van der Waals surface area contributed by atoms with Gasteiger partial charge in [0.15, 0.2) is 0 Å². The zero-order valence-electron chi connectivity index (χ0n) is 12.4. The van der Waals surface area contributed by atoms with Crippen LogP contribution in [0.1, 0.15) is 6.42 Å². The Balaban J connectivity index is 2.61. The van der Waals surface area contributed by atoms with Crippen LogP contribution in [0.4, 0.5) is 5.69 Å². The molecule has 0 aliphatic carbocycles. The molecule has 25 heavy (non-hydrogen) atoms. The summed E-state index contributed by atoms with van der Waals surface area (Å²) in [6.07, 6.45) is -0.413. The van der Waals surface area contributed by atoms with Crippen molar-refractivity contribution in [3.05, 3.63) is 55.9 Å². The summed E-state index contributed by atoms with van der Waals surface area (Å²) in [5.74, 6) is -1.15. The summed E-state index contributed by atoms with van der Waals surface area (Å²) in [4.78, 5) is 10.7. The van der Waals surface area contributed by atoms with E-state index in [0.717, 1.165) is 4.31 Å². The maximum Gasteiger partial charge on any atom is 0.305 e. The quantitative estimate of drug-likeness (QED) is 0.617. The predicted molar refractivity (Wildman–Crippen MR) is 102 cm³/mol. The highest BCUT2D eigenvalue weighted by Gasteiger charge is 2.29. The van der Waals surface area contributed by atoms with Crippen molar-refractivity contribution in [1.29, 1.82) is 0 Å². The van der Waals surface area contributed by atoms with Crippen molar-refractivity contribution in [2.24, 2.45) is 0 Å². The largest absolute Gasteiger partial charge is 0.481 e. The topological polar surface area (TPSA) is 74.7 Å². The van der Waals surface area contributed by atoms with Crippen LogP contribution >= 0.6 is 50.7 Å². The van der Waals surface area contributed by atoms with Gasteiger partial charge in [0.25, 0.3) is 10.0 Å². The molecule has 0 saturated carbocycles. The van der Waals surface area contributed by atoms with Gasteiger partial charge in [-0.1, -0.05) is 50.7 Å². The SMILES string of the molecule is O=C(O)CCN(c1ccc(Br)cc1Cl)S(=O)(=O)c1cc(Cl)ccc1Cl. The summed E-state index contributed by atoms with van der Waals surface area (Å²) in [5, 5.41) is 9.24. The van der Waals surface area contributed by atoms with Gasteiger partial charge >= 0.3 is 5.97 Å². The Kier molecular flexibility index (Phi) is 6.62. The number of nitrogens with zero attached hydrogens (tertiary/aromatic N) is 1. The van der Waals surface area contributed by atoms with E-state index >= 15 is 0 Å². The Morgan fingerprint density at radius 3 is 2.36 bits per heavy atom. The number of carboxylic acid groups (broad SMARTS) is 1. The van der Waals surface area contributed by atoms with Crippen molar-refractivity contribution >= 4 is 72.4 Å². The van der Waals surface area contributed by atoms with Crippen molar-refractivity contribution < 1.29 is 18.3 Å². The molecule has 0 saturated heterocycles. The number of halogens is 4. The number of rotatable bonds is 6. The number of hydrogen-bond donors (Lipinski definition) is 1. The molecule has 0 aliphatic heterocycles. The van der Waals surface area contributed by atoms with Gasteiger partial charge in [0.1, 0.15) is 4.90 Å². The zero-order chi connectivity index (χ0) is 18.8. The van der Waals surface area contributed by atoms with E-state index in [9.17, 15) is 13.2 Å². The number of benzene rings is 2. The molecule has 0 atom stereocenters. The second kappa shape index (κ2) is 8.14. The summed E-state index contributed by atoms with van der Waals surface area (Å²) >= 11 is 21.3. The normalized spacial score (nSPS) is 11.4. The number of aliphatic carboxylic acids is 1. The van der Waals surface area contributed by atoms with Crippen LogP contribution in [0.25, 0.3) is 0 Å². The standard InChI is InChI=1S/C15H11BrCl3NO4S/c16-9-1-4-13(12(19)7-9)20(6-5-15(21)22)25(23,24)14-8-10(17)2-3-11(14)18/h1-4,7-8H,5-6H2,(H,21,22). The molecular weight excluding hydrogens is 476 g/mol. The first kappa shape index (κ1) is 20.3. The molecule has 5 nitrogen and oxygen atoms in total. The molecule has 2 aromatic rings. The first-order chi connectivity index (χ1) is 11.6. The van der Waals surface area contributed by atoms with Crippen LogP contribution in [0.5, 0.6) is 0 Å². The average molecular weight is 488 g/mol. The Bertz CT molecular complexity index is 921. The van der Waals surface area contributed by atoms with Crippen LogP contribution in [0, 0.1) is 0 Å². The van der Waals surface area contributed by atoms with Gasteiger partial charge in [-0.2, -0.15) is 0 Å². The van der Waals surface area contributed by atoms with E-state index in [2.05, 4.69) is 15.9 Å². The minimum atomic E-state index is -4.18. The fourth-order valence-electron chi connectivity index (χ4n) is 2.04. The Morgan fingerprint density at radius 2 is 1.76 bits per heavy atom. The van der Waals surface area contributed by atoms with Gasteiger partial charge in [-0.25, -0.2) is 8.42 Å². The molecule has 1 N–H and O–H groups in total. The minimum Gasteiger partial charge on any atom is -0.481 e. The van der Waals surface area contributed by atoms with Gasteiger partial charge in [0, 0.05) is 16.0 Å². The second-order valence-electron chi connectivity index (χ2n) is 4.89. The molecule has 0 radical (unpaired) electrons. The second-order valence-corrected chi connectivity index (χ2v) is 8.89. The van der Waals surface area contributed by atoms with E-state index in [0.29, 0.717) is 4.47 Å². The lowest BCUT2D eigenvalue weighted by atomic mass is 10.3. The van der Waals surface area contributed by atoms with E-state index in [1.807, 2.05) is 0 Å². The van der Waals surface area contributed by atoms with Crippen molar-refractivity contribution in [3.63, 3.8) is 0 Å². The summed E-state index contributed by atoms with van der Waals surface area (Å²) in [6, 6.07) is 8.61. The molecule has 0 aromatic heterocycles. The molecule has 134 valence electrons. The molecule has 0 heterocycles. The molecule has 0 unspecified atom stereocenters. The van der Waals surface area contributed by atoms with Crippen LogP contribution < -0.4 is 4.31 Å². The van der Waals surface area contributed by atoms with E-state index in [-0.39, 0.29) is 32.2 Å². The van der Waals surface area contributed by atoms with E-state index < -0.39 is 22.4 Å². The van der Waals surface area contributed by atoms with Crippen molar-refractivity contribution in [3.8, 4) is 0 Å². The Labute approximate surface area is 168 Å². The fourth-order valence-corrected chi connectivity index (χ4v) is 5.09. The molecule has 0 bridgehead atoms. The van der Waals surface area contributed by atoms with Crippen LogP contribution in [0.2, 0.25) is 15.1 Å². The molecule has 0 aliphatic rings. The molecule has 0 spiro atoms. The minimum absolute atomic E-state index is 0.0297. The fraction of sp³-hybridized carbons (Fsp3) is 0.133. The summed E-state index contributed by atoms with van der Waals surface area (Å²) in [7, 11) is -4.18. The average Bonchev–Trinajstić information content (AvgIpc) is 2.51. The van der Waals surface area contributed by atoms with Gasteiger partial charge in [-0.3, -0.25) is 9.10 Å². The monoisotopic (exact) mass is 485 g/mol. The van der Waals surface area contributed by atoms with Gasteiger partial charge in [0.2, 0.25) is 0 Å². The first-order valence-electron chi connectivity index (χ1n) is 6.77. The van der Waals surface area contributed by atoms with E-state index in [4.69, 9.17) is 39.9 Å². The van der Waals surface area contributed by atoms with Crippen LogP contribution in [0.3, 0.4) is 0 Å². The van der Waals surface area contributed by atoms with Crippen molar-refractivity contribution in [2.45, 2.75) is 11.3 Å². The lowest BCUT2D eigenvalue weighted by Crippen LogP contribution is -2.33. The van der Waals surface area contributed by atoms with Crippen LogP contribution in [-0.2, 0) is 14.8 Å². The van der Waals surface area contributed by atoms with E-state index in [1.165, 1.54) is 30.3 Å². The zero-order valence-corrected chi connectivity index (χ0v) is 17.1. The maximum atomic E-state index is 13.1. The Hall–Kier alpha value is -0.990. The molecule has 2 rings (SSSR count). The Morgan fingerprint density at radius 1 is 1.08 bits per heavy atom. The van der Waals surface area contributed by atoms with E-state index in [1.54, 1.807) is 6.07 Å². The first-order valence-corrected chi connectivity index (χ1v) is 10.1.